The van der Waals surface area contributed by atoms with Gasteiger partial charge in [0, 0.05) is 37.3 Å². The molecule has 3 aromatic rings. The number of anilines is 1. The molecule has 0 aliphatic carbocycles. The van der Waals surface area contributed by atoms with Crippen LogP contribution in [0.25, 0.3) is 5.65 Å². The Kier molecular flexibility index (Phi) is 12.4. The van der Waals surface area contributed by atoms with E-state index in [0.29, 0.717) is 73.9 Å². The highest BCUT2D eigenvalue weighted by molar-refractivity contribution is 5.93. The highest BCUT2D eigenvalue weighted by atomic mass is 19.1. The molecule has 1 amide bonds. The van der Waals surface area contributed by atoms with Crippen molar-refractivity contribution in [2.75, 3.05) is 38.3 Å². The van der Waals surface area contributed by atoms with Crippen molar-refractivity contribution < 1.29 is 32.9 Å². The van der Waals surface area contributed by atoms with Crippen LogP contribution in [0.15, 0.2) is 55.8 Å². The number of piperidine rings is 1. The van der Waals surface area contributed by atoms with Crippen LogP contribution in [0, 0.1) is 24.1 Å². The number of ether oxygens (including phenoxy) is 4. The molecule has 50 heavy (non-hydrogen) atoms. The molecule has 1 N–H and O–H groups in total. The highest BCUT2D eigenvalue weighted by Gasteiger charge is 2.37. The molecule has 0 radical (unpaired) electrons. The number of hydrogen-bond donors (Lipinski definition) is 1. The van der Waals surface area contributed by atoms with Crippen molar-refractivity contribution in [1.82, 2.24) is 14.7 Å². The lowest BCUT2D eigenvalue weighted by Crippen LogP contribution is -2.45. The number of benzene rings is 1. The van der Waals surface area contributed by atoms with Crippen molar-refractivity contribution in [2.45, 2.75) is 83.6 Å². The van der Waals surface area contributed by atoms with E-state index >= 15 is 0 Å². The summed E-state index contributed by atoms with van der Waals surface area (Å²) in [6, 6.07) is 7.05. The molecule has 1 saturated heterocycles. The molecule has 2 aromatic heterocycles. The third kappa shape index (κ3) is 9.28. The van der Waals surface area contributed by atoms with Gasteiger partial charge in [-0.05, 0) is 77.1 Å². The fourth-order valence-electron chi connectivity index (χ4n) is 5.95. The molecule has 1 aliphatic rings. The number of carbonyl (C=O) groups excluding carboxylic acids is 2. The van der Waals surface area contributed by atoms with Gasteiger partial charge in [0.2, 0.25) is 0 Å². The molecule has 1 aliphatic heterocycles. The van der Waals surface area contributed by atoms with Crippen LogP contribution in [0.5, 0.6) is 5.75 Å². The van der Waals surface area contributed by atoms with Crippen LogP contribution in [-0.2, 0) is 25.4 Å². The number of amides is 1. The lowest BCUT2D eigenvalue weighted by molar-refractivity contribution is -0.164. The first kappa shape index (κ1) is 38.1. The molecule has 1 aromatic carbocycles. The molecule has 268 valence electrons. The van der Waals surface area contributed by atoms with Crippen molar-refractivity contribution in [1.29, 1.82) is 5.26 Å². The number of fused-ring (bicyclic) bond motifs is 1. The van der Waals surface area contributed by atoms with Gasteiger partial charge in [-0.1, -0.05) is 18.2 Å². The molecule has 2 unspecified atom stereocenters. The molecule has 0 saturated carbocycles. The molecule has 11 nitrogen and oxygen atoms in total. The zero-order valence-electron chi connectivity index (χ0n) is 29.9. The molecule has 0 spiro atoms. The summed E-state index contributed by atoms with van der Waals surface area (Å²) in [5, 5.41) is 12.8. The average molecular weight is 690 g/mol. The number of nitrogens with zero attached hydrogens (tertiary/aromatic N) is 4. The SMILES string of the molecule is C=CCCOc1cc(F)ccc1CC(C#N)NC(=O)c1cn2c(N3CCC(C)(OCC=C)CC3)c(C(OC(C)(C)C)C(=O)OC)c(C)cc2n1. The Morgan fingerprint density at radius 1 is 1.20 bits per heavy atom. The summed E-state index contributed by atoms with van der Waals surface area (Å²) in [7, 11) is 1.33. The van der Waals surface area contributed by atoms with E-state index in [1.54, 1.807) is 34.9 Å². The Morgan fingerprint density at radius 2 is 1.92 bits per heavy atom. The van der Waals surface area contributed by atoms with Crippen LogP contribution in [0.3, 0.4) is 0 Å². The first-order valence-electron chi connectivity index (χ1n) is 16.7. The van der Waals surface area contributed by atoms with Crippen LogP contribution < -0.4 is 15.0 Å². The standard InChI is InChI=1S/C38H48FN5O6/c1-9-11-19-48-30-22-27(39)13-12-26(30)21-28(23-40)41-34(45)29-24-44-31(42-29)20-25(3)32(33(36(46)47-8)50-37(4,5)6)35(44)43-16-14-38(7,15-17-43)49-18-10-2/h9-10,12-13,20,22,24,28,33H,1-2,11,14-19,21H2,3-8H3,(H,41,45). The van der Waals surface area contributed by atoms with E-state index < -0.39 is 35.4 Å². The van der Waals surface area contributed by atoms with E-state index in [2.05, 4.69) is 41.4 Å². The van der Waals surface area contributed by atoms with Crippen LogP contribution in [0.4, 0.5) is 10.2 Å². The van der Waals surface area contributed by atoms with Gasteiger partial charge < -0.3 is 29.2 Å². The fourth-order valence-corrected chi connectivity index (χ4v) is 5.95. The third-order valence-electron chi connectivity index (χ3n) is 8.52. The second kappa shape index (κ2) is 16.3. The average Bonchev–Trinajstić information content (AvgIpc) is 3.50. The number of aryl methyl sites for hydroxylation is 1. The third-order valence-corrected chi connectivity index (χ3v) is 8.52. The number of halogens is 1. The van der Waals surface area contributed by atoms with Crippen molar-refractivity contribution in [3.8, 4) is 11.8 Å². The minimum absolute atomic E-state index is 0.0761. The number of nitriles is 1. The van der Waals surface area contributed by atoms with Crippen molar-refractivity contribution in [3.63, 3.8) is 0 Å². The zero-order valence-corrected chi connectivity index (χ0v) is 29.9. The number of imidazole rings is 1. The van der Waals surface area contributed by atoms with Gasteiger partial charge in [-0.2, -0.15) is 5.26 Å². The van der Waals surface area contributed by atoms with E-state index in [9.17, 15) is 19.2 Å². The van der Waals surface area contributed by atoms with Gasteiger partial charge in [-0.3, -0.25) is 9.20 Å². The number of carbonyl (C=O) groups is 2. The lowest BCUT2D eigenvalue weighted by Gasteiger charge is -2.41. The maximum absolute atomic E-state index is 14.0. The van der Waals surface area contributed by atoms with E-state index in [1.807, 2.05) is 27.7 Å². The first-order valence-corrected chi connectivity index (χ1v) is 16.7. The first-order chi connectivity index (χ1) is 23.7. The molecule has 4 rings (SSSR count). The zero-order chi connectivity index (χ0) is 36.6. The molecule has 3 heterocycles. The van der Waals surface area contributed by atoms with Gasteiger partial charge >= 0.3 is 5.97 Å². The summed E-state index contributed by atoms with van der Waals surface area (Å²) >= 11 is 0. The number of pyridine rings is 1. The number of aromatic nitrogens is 2. The lowest BCUT2D eigenvalue weighted by atomic mass is 9.92. The van der Waals surface area contributed by atoms with E-state index in [-0.39, 0.29) is 17.7 Å². The Bertz CT molecular complexity index is 1750. The van der Waals surface area contributed by atoms with Gasteiger partial charge in [0.15, 0.2) is 6.10 Å². The van der Waals surface area contributed by atoms with Crippen LogP contribution in [-0.4, -0.2) is 71.9 Å². The molecule has 2 atom stereocenters. The van der Waals surface area contributed by atoms with Crippen molar-refractivity contribution >= 4 is 23.3 Å². The Morgan fingerprint density at radius 3 is 2.54 bits per heavy atom. The minimum Gasteiger partial charge on any atom is -0.493 e. The second-order valence-corrected chi connectivity index (χ2v) is 13.6. The maximum Gasteiger partial charge on any atom is 0.339 e. The van der Waals surface area contributed by atoms with Crippen molar-refractivity contribution in [3.05, 3.63) is 84.0 Å². The number of methoxy groups -OCH3 is 1. The molecular weight excluding hydrogens is 641 g/mol. The topological polar surface area (TPSA) is 127 Å². The van der Waals surface area contributed by atoms with E-state index in [4.69, 9.17) is 18.9 Å². The number of hydrogen-bond acceptors (Lipinski definition) is 9. The normalized spacial score (nSPS) is 15.5. The Hall–Kier alpha value is -4.73. The van der Waals surface area contributed by atoms with Crippen LogP contribution in [0.2, 0.25) is 0 Å². The number of esters is 1. The summed E-state index contributed by atoms with van der Waals surface area (Å²) in [5.74, 6) is -0.641. The van der Waals surface area contributed by atoms with E-state index in [0.717, 1.165) is 5.56 Å². The Balaban J connectivity index is 1.73. The minimum atomic E-state index is -1.06. The number of nitrogens with one attached hydrogen (secondary N) is 1. The van der Waals surface area contributed by atoms with Gasteiger partial charge in [0.05, 0.1) is 37.6 Å². The van der Waals surface area contributed by atoms with Crippen LogP contribution in [0.1, 0.15) is 80.2 Å². The van der Waals surface area contributed by atoms with Gasteiger partial charge in [-0.25, -0.2) is 14.2 Å². The van der Waals surface area contributed by atoms with Gasteiger partial charge in [-0.15, -0.1) is 13.2 Å². The van der Waals surface area contributed by atoms with Crippen LogP contribution >= 0.6 is 0 Å². The highest BCUT2D eigenvalue weighted by Crippen LogP contribution is 2.39. The Labute approximate surface area is 293 Å². The van der Waals surface area contributed by atoms with Crippen molar-refractivity contribution in [2.24, 2.45) is 0 Å². The quantitative estimate of drug-likeness (QED) is 0.113. The molecule has 0 bridgehead atoms. The molecule has 1 fully saturated rings. The summed E-state index contributed by atoms with van der Waals surface area (Å²) < 4.78 is 39.2. The maximum atomic E-state index is 14.0. The fraction of sp³-hybridized carbons (Fsp3) is 0.474. The predicted octanol–water partition coefficient (Wildman–Crippen LogP) is 6.19. The predicted molar refractivity (Wildman–Crippen MR) is 189 cm³/mol. The smallest absolute Gasteiger partial charge is 0.339 e. The van der Waals surface area contributed by atoms with Gasteiger partial charge in [0.1, 0.15) is 34.8 Å². The monoisotopic (exact) mass is 689 g/mol. The second-order valence-electron chi connectivity index (χ2n) is 13.6. The number of rotatable bonds is 15. The molecular formula is C38H48FN5O6. The summed E-state index contributed by atoms with van der Waals surface area (Å²) in [6.07, 6.45) is 6.01. The summed E-state index contributed by atoms with van der Waals surface area (Å²) in [4.78, 5) is 33.8. The van der Waals surface area contributed by atoms with E-state index in [1.165, 1.54) is 19.2 Å². The summed E-state index contributed by atoms with van der Waals surface area (Å²) in [5.41, 5.74) is 1.42. The summed E-state index contributed by atoms with van der Waals surface area (Å²) in [6.45, 7) is 18.9. The molecule has 12 heteroatoms. The van der Waals surface area contributed by atoms with Gasteiger partial charge in [0.25, 0.3) is 5.91 Å². The largest absolute Gasteiger partial charge is 0.493 e.